The average Bonchev–Trinajstić information content (AvgIpc) is 2.83. The summed E-state index contributed by atoms with van der Waals surface area (Å²) in [4.78, 5) is 23.3. The molecule has 3 nitrogen and oxygen atoms in total. The van der Waals surface area contributed by atoms with Crippen molar-refractivity contribution in [3.05, 3.63) is 23.5 Å². The largest absolute Gasteiger partial charge is 0.510 e. The summed E-state index contributed by atoms with van der Waals surface area (Å²) in [5, 5.41) is 9.25. The van der Waals surface area contributed by atoms with E-state index >= 15 is 0 Å². The van der Waals surface area contributed by atoms with Crippen LogP contribution >= 0.6 is 11.8 Å². The van der Waals surface area contributed by atoms with Gasteiger partial charge in [-0.2, -0.15) is 0 Å². The Morgan fingerprint density at radius 3 is 2.36 bits per heavy atom. The van der Waals surface area contributed by atoms with Crippen molar-refractivity contribution in [2.24, 2.45) is 0 Å². The van der Waals surface area contributed by atoms with Gasteiger partial charge in [0.25, 0.3) is 0 Å². The number of allylic oxidation sites excluding steroid dienone is 2. The molecule has 0 aromatic carbocycles. The first-order valence-electron chi connectivity index (χ1n) is 8.44. The van der Waals surface area contributed by atoms with Crippen molar-refractivity contribution in [3.63, 3.8) is 0 Å². The molecule has 0 saturated heterocycles. The van der Waals surface area contributed by atoms with Crippen molar-refractivity contribution in [2.75, 3.05) is 5.75 Å². The van der Waals surface area contributed by atoms with E-state index in [0.29, 0.717) is 6.42 Å². The Morgan fingerprint density at radius 2 is 1.73 bits per heavy atom. The normalized spacial score (nSPS) is 15.2. The van der Waals surface area contributed by atoms with Crippen LogP contribution in [-0.2, 0) is 9.59 Å². The molecule has 1 N–H and O–H groups in total. The number of ketones is 1. The van der Waals surface area contributed by atoms with Gasteiger partial charge in [0.1, 0.15) is 11.3 Å². The van der Waals surface area contributed by atoms with E-state index in [-0.39, 0.29) is 28.0 Å². The fourth-order valence-corrected chi connectivity index (χ4v) is 3.22. The molecule has 1 aliphatic rings. The van der Waals surface area contributed by atoms with Crippen molar-refractivity contribution in [3.8, 4) is 0 Å². The highest BCUT2D eigenvalue weighted by Crippen LogP contribution is 2.26. The highest BCUT2D eigenvalue weighted by molar-refractivity contribution is 8.14. The van der Waals surface area contributed by atoms with Crippen molar-refractivity contribution in [1.29, 1.82) is 0 Å². The van der Waals surface area contributed by atoms with Crippen LogP contribution in [-0.4, -0.2) is 21.8 Å². The molecule has 0 aliphatic carbocycles. The smallest absolute Gasteiger partial charge is 0.226 e. The second-order valence-corrected chi connectivity index (χ2v) is 6.69. The maximum Gasteiger partial charge on any atom is 0.226 e. The first-order valence-corrected chi connectivity index (χ1v) is 9.42. The monoisotopic (exact) mass is 324 g/mol. The number of hydrogen-bond donors (Lipinski definition) is 1. The van der Waals surface area contributed by atoms with E-state index in [0.717, 1.165) is 37.4 Å². The molecule has 124 valence electrons. The van der Waals surface area contributed by atoms with Crippen molar-refractivity contribution >= 4 is 22.7 Å². The number of unbranched alkanes of at least 4 members (excludes halogenated alkanes) is 7. The van der Waals surface area contributed by atoms with Gasteiger partial charge in [-0.3, -0.25) is 9.59 Å². The molecule has 0 spiro atoms. The Bertz CT molecular complexity index is 424. The lowest BCUT2D eigenvalue weighted by atomic mass is 10.0. The number of aliphatic hydroxyl groups is 1. The molecule has 1 aliphatic heterocycles. The average molecular weight is 324 g/mol. The van der Waals surface area contributed by atoms with Crippen molar-refractivity contribution in [1.82, 2.24) is 0 Å². The number of Topliss-reactive ketones (excluding diaryl/α,β-unsaturated/α-hetero) is 1. The molecule has 1 heterocycles. The third kappa shape index (κ3) is 7.30. The van der Waals surface area contributed by atoms with E-state index in [1.165, 1.54) is 32.1 Å². The Hall–Kier alpha value is -1.03. The molecule has 22 heavy (non-hydrogen) atoms. The van der Waals surface area contributed by atoms with E-state index in [4.69, 9.17) is 0 Å². The predicted molar refractivity (Wildman–Crippen MR) is 93.1 cm³/mol. The quantitative estimate of drug-likeness (QED) is 0.307. The molecule has 0 radical (unpaired) electrons. The Labute approximate surface area is 138 Å². The van der Waals surface area contributed by atoms with Gasteiger partial charge in [-0.25, -0.2) is 0 Å². The number of hydrogen-bond acceptors (Lipinski definition) is 4. The fourth-order valence-electron chi connectivity index (χ4n) is 2.43. The molecule has 0 atom stereocenters. The summed E-state index contributed by atoms with van der Waals surface area (Å²) < 4.78 is 0. The first-order chi connectivity index (χ1) is 10.7. The minimum atomic E-state index is -0.266. The lowest BCUT2D eigenvalue weighted by Gasteiger charge is -2.02. The van der Waals surface area contributed by atoms with Gasteiger partial charge in [0.05, 0.1) is 5.75 Å². The minimum absolute atomic E-state index is 0.0325. The lowest BCUT2D eigenvalue weighted by Crippen LogP contribution is -2.08. The third-order valence-electron chi connectivity index (χ3n) is 3.78. The highest BCUT2D eigenvalue weighted by atomic mass is 32.2. The Morgan fingerprint density at radius 1 is 1.09 bits per heavy atom. The van der Waals surface area contributed by atoms with Crippen LogP contribution < -0.4 is 0 Å². The van der Waals surface area contributed by atoms with E-state index in [1.807, 2.05) is 0 Å². The number of rotatable bonds is 12. The predicted octanol–water partition coefficient (Wildman–Crippen LogP) is 5.12. The molecule has 1 rings (SSSR count). The second-order valence-electron chi connectivity index (χ2n) is 5.74. The Kier molecular flexibility index (Phi) is 9.96. The summed E-state index contributed by atoms with van der Waals surface area (Å²) in [5.74, 6) is 0.0345. The summed E-state index contributed by atoms with van der Waals surface area (Å²) in [6, 6.07) is 0. The van der Waals surface area contributed by atoms with E-state index in [9.17, 15) is 14.7 Å². The number of thioether (sulfide) groups is 1. The molecule has 0 unspecified atom stereocenters. The van der Waals surface area contributed by atoms with Crippen LogP contribution in [0.2, 0.25) is 0 Å². The fraction of sp³-hybridized carbons (Fsp3) is 0.667. The van der Waals surface area contributed by atoms with Crippen LogP contribution in [0.4, 0.5) is 0 Å². The van der Waals surface area contributed by atoms with Crippen LogP contribution in [0, 0.1) is 0 Å². The zero-order valence-electron chi connectivity index (χ0n) is 13.6. The van der Waals surface area contributed by atoms with E-state index < -0.39 is 0 Å². The molecule has 0 aromatic rings. The maximum atomic E-state index is 11.9. The SMILES string of the molecule is CCCC/C=C\CCCCCCCC(=O)C1=C(O)CSC1=O. The van der Waals surface area contributed by atoms with Gasteiger partial charge in [0.15, 0.2) is 5.78 Å². The third-order valence-corrected chi connectivity index (χ3v) is 4.66. The van der Waals surface area contributed by atoms with Crippen molar-refractivity contribution in [2.45, 2.75) is 71.1 Å². The highest BCUT2D eigenvalue weighted by Gasteiger charge is 2.28. The standard InChI is InChI=1S/C18H28O3S/c1-2-3-4-5-6-7-8-9-10-11-12-13-15(19)17-16(20)14-22-18(17)21/h5-6,20H,2-4,7-14H2,1H3/b6-5-. The van der Waals surface area contributed by atoms with Gasteiger partial charge < -0.3 is 5.11 Å². The van der Waals surface area contributed by atoms with Crippen molar-refractivity contribution < 1.29 is 14.7 Å². The summed E-state index contributed by atoms with van der Waals surface area (Å²) in [6.45, 7) is 2.21. The van der Waals surface area contributed by atoms with Gasteiger partial charge in [0, 0.05) is 6.42 Å². The molecular formula is C18H28O3S. The number of aliphatic hydroxyl groups excluding tert-OH is 1. The van der Waals surface area contributed by atoms with Crippen LogP contribution in [0.3, 0.4) is 0 Å². The van der Waals surface area contributed by atoms with Crippen LogP contribution in [0.25, 0.3) is 0 Å². The zero-order valence-corrected chi connectivity index (χ0v) is 14.4. The van der Waals surface area contributed by atoms with Crippen LogP contribution in [0.1, 0.15) is 71.1 Å². The summed E-state index contributed by atoms with van der Waals surface area (Å²) in [6.07, 6.45) is 15.1. The van der Waals surface area contributed by atoms with Crippen LogP contribution in [0.5, 0.6) is 0 Å². The molecule has 0 bridgehead atoms. The minimum Gasteiger partial charge on any atom is -0.510 e. The van der Waals surface area contributed by atoms with Crippen LogP contribution in [0.15, 0.2) is 23.5 Å². The van der Waals surface area contributed by atoms with Gasteiger partial charge in [-0.05, 0) is 25.7 Å². The van der Waals surface area contributed by atoms with Gasteiger partial charge in [-0.15, -0.1) is 0 Å². The molecule has 0 aromatic heterocycles. The zero-order chi connectivity index (χ0) is 16.2. The van der Waals surface area contributed by atoms with Gasteiger partial charge in [-0.1, -0.05) is 62.9 Å². The topological polar surface area (TPSA) is 54.4 Å². The second kappa shape index (κ2) is 11.5. The molecule has 4 heteroatoms. The van der Waals surface area contributed by atoms with Gasteiger partial charge in [0.2, 0.25) is 5.12 Å². The molecule has 0 amide bonds. The molecule has 0 fully saturated rings. The summed E-state index contributed by atoms with van der Waals surface area (Å²) in [5.41, 5.74) is 0.0437. The van der Waals surface area contributed by atoms with Gasteiger partial charge >= 0.3 is 0 Å². The summed E-state index contributed by atoms with van der Waals surface area (Å²) in [7, 11) is 0. The lowest BCUT2D eigenvalue weighted by molar-refractivity contribution is -0.118. The first kappa shape index (κ1) is 19.0. The summed E-state index contributed by atoms with van der Waals surface area (Å²) >= 11 is 1.01. The van der Waals surface area contributed by atoms with E-state index in [2.05, 4.69) is 19.1 Å². The molecule has 0 saturated carbocycles. The molecular weight excluding hydrogens is 296 g/mol. The maximum absolute atomic E-state index is 11.9. The van der Waals surface area contributed by atoms with E-state index in [1.54, 1.807) is 0 Å². The Balaban J connectivity index is 2.00. The number of carbonyl (C=O) groups is 2. The number of carbonyl (C=O) groups excluding carboxylic acids is 2.